The van der Waals surface area contributed by atoms with Crippen molar-refractivity contribution < 1.29 is 22.6 Å². The number of hydrogen-bond acceptors (Lipinski definition) is 4. The summed E-state index contributed by atoms with van der Waals surface area (Å²) in [4.78, 5) is 22.7. The molecular weight excluding hydrogens is 378 g/mol. The second-order valence-electron chi connectivity index (χ2n) is 6.41. The van der Waals surface area contributed by atoms with Crippen LogP contribution in [0.4, 0.5) is 0 Å². The number of nitrogens with two attached hydrogens (primary N) is 2. The Balaban J connectivity index is -0.00000264. The van der Waals surface area contributed by atoms with Crippen molar-refractivity contribution in [2.75, 3.05) is 0 Å². The summed E-state index contributed by atoms with van der Waals surface area (Å²) in [5.41, 5.74) is 10.2. The van der Waals surface area contributed by atoms with Crippen LogP contribution in [0.25, 0.3) is 0 Å². The van der Waals surface area contributed by atoms with Gasteiger partial charge >= 0.3 is 59.1 Å². The molecule has 7 nitrogen and oxygen atoms in total. The van der Waals surface area contributed by atoms with Gasteiger partial charge in [-0.1, -0.05) is 71.1 Å². The minimum absolute atomic E-state index is 0. The number of carbonyl (C=O) groups is 2. The molecule has 26 heavy (non-hydrogen) atoms. The fourth-order valence-electron chi connectivity index (χ4n) is 2.83. The first-order valence-corrected chi connectivity index (χ1v) is 10.2. The van der Waals surface area contributed by atoms with Crippen molar-refractivity contribution >= 4 is 81.0 Å². The van der Waals surface area contributed by atoms with Crippen LogP contribution in [0.5, 0.6) is 0 Å². The van der Waals surface area contributed by atoms with Crippen LogP contribution in [0.1, 0.15) is 84.0 Å². The molecule has 0 rings (SSSR count). The first kappa shape index (κ1) is 31.5. The molecule has 0 heterocycles. The first-order valence-electron chi connectivity index (χ1n) is 8.72. The van der Waals surface area contributed by atoms with E-state index in [1.807, 2.05) is 0 Å². The molecule has 1 unspecified atom stereocenters. The molecule has 0 aromatic heterocycles. The van der Waals surface area contributed by atoms with Gasteiger partial charge in [0.25, 0.3) is 10.1 Å². The molecule has 146 valence electrons. The molecule has 5 N–H and O–H groups in total. The zero-order valence-electron chi connectivity index (χ0n) is 14.6. The standard InChI is InChI=1S/C16H32N2O5S.2Na.2H/c1-2-3-4-5-6-7-8-9-10-11-12-16(15(18)20,13-14(17)19)24(21,22)23;;;;/h2-13H2,1H3,(H2,17,19)(H2,18,20)(H,21,22,23);;;;. The average Bonchev–Trinajstić information content (AvgIpc) is 2.46. The van der Waals surface area contributed by atoms with Gasteiger partial charge in [-0.15, -0.1) is 0 Å². The predicted molar refractivity (Wildman–Crippen MR) is 108 cm³/mol. The van der Waals surface area contributed by atoms with Crippen LogP contribution in [0.3, 0.4) is 0 Å². The van der Waals surface area contributed by atoms with E-state index in [1.165, 1.54) is 32.1 Å². The van der Waals surface area contributed by atoms with Gasteiger partial charge in [0.05, 0.1) is 6.42 Å². The van der Waals surface area contributed by atoms with Gasteiger partial charge in [-0.3, -0.25) is 14.1 Å². The molecule has 0 aromatic rings. The molecule has 0 aliphatic rings. The van der Waals surface area contributed by atoms with Gasteiger partial charge in [-0.2, -0.15) is 8.42 Å². The van der Waals surface area contributed by atoms with Crippen LogP contribution in [-0.2, 0) is 19.7 Å². The third-order valence-corrected chi connectivity index (χ3v) is 5.87. The molecule has 2 amide bonds. The van der Waals surface area contributed by atoms with Crippen LogP contribution < -0.4 is 11.5 Å². The van der Waals surface area contributed by atoms with Crippen LogP contribution in [-0.4, -0.2) is 88.6 Å². The molecule has 0 spiro atoms. The van der Waals surface area contributed by atoms with Gasteiger partial charge in [-0.25, -0.2) is 0 Å². The number of primary amides is 2. The zero-order valence-corrected chi connectivity index (χ0v) is 15.4. The van der Waals surface area contributed by atoms with E-state index in [1.54, 1.807) is 0 Å². The zero-order chi connectivity index (χ0) is 18.6. The van der Waals surface area contributed by atoms with Crippen LogP contribution >= 0.6 is 0 Å². The van der Waals surface area contributed by atoms with E-state index >= 15 is 0 Å². The molecule has 0 aliphatic heterocycles. The average molecular weight is 413 g/mol. The molecule has 0 aliphatic carbocycles. The molecule has 0 bridgehead atoms. The van der Waals surface area contributed by atoms with E-state index in [0.717, 1.165) is 19.3 Å². The summed E-state index contributed by atoms with van der Waals surface area (Å²) >= 11 is 0. The number of carbonyl (C=O) groups excluding carboxylic acids is 2. The summed E-state index contributed by atoms with van der Waals surface area (Å²) in [5.74, 6) is -2.22. The second kappa shape index (κ2) is 16.8. The Morgan fingerprint density at radius 1 is 0.846 bits per heavy atom. The van der Waals surface area contributed by atoms with Crippen molar-refractivity contribution in [3.63, 3.8) is 0 Å². The molecule has 0 saturated heterocycles. The van der Waals surface area contributed by atoms with Crippen molar-refractivity contribution in [3.8, 4) is 0 Å². The van der Waals surface area contributed by atoms with Crippen LogP contribution in [0, 0.1) is 0 Å². The van der Waals surface area contributed by atoms with Crippen LogP contribution in [0.15, 0.2) is 0 Å². The predicted octanol–water partition coefficient (Wildman–Crippen LogP) is 0.988. The first-order chi connectivity index (χ1) is 11.2. The number of rotatable bonds is 15. The minimum atomic E-state index is -4.81. The van der Waals surface area contributed by atoms with Crippen molar-refractivity contribution in [2.45, 2.75) is 88.7 Å². The molecule has 1 atom stereocenters. The van der Waals surface area contributed by atoms with Crippen molar-refractivity contribution in [3.05, 3.63) is 0 Å². The number of hydrogen-bond donors (Lipinski definition) is 3. The van der Waals surface area contributed by atoms with Gasteiger partial charge in [-0.05, 0) is 6.42 Å². The third-order valence-electron chi connectivity index (χ3n) is 4.34. The molecule has 0 saturated carbocycles. The fraction of sp³-hybridized carbons (Fsp3) is 0.875. The number of unbranched alkanes of at least 4 members (excludes halogenated alkanes) is 9. The Kier molecular flexibility index (Phi) is 20.3. The Morgan fingerprint density at radius 2 is 1.23 bits per heavy atom. The summed E-state index contributed by atoms with van der Waals surface area (Å²) < 4.78 is 30.2. The summed E-state index contributed by atoms with van der Waals surface area (Å²) in [5, 5.41) is 0. The quantitative estimate of drug-likeness (QED) is 0.209. The summed E-state index contributed by atoms with van der Waals surface area (Å²) in [6.45, 7) is 2.18. The van der Waals surface area contributed by atoms with E-state index in [0.29, 0.717) is 12.8 Å². The van der Waals surface area contributed by atoms with Crippen LogP contribution in [0.2, 0.25) is 0 Å². The van der Waals surface area contributed by atoms with E-state index in [9.17, 15) is 22.6 Å². The molecule has 10 heteroatoms. The second-order valence-corrected chi connectivity index (χ2v) is 8.14. The normalized spacial score (nSPS) is 13.2. The Labute approximate surface area is 202 Å². The fourth-order valence-corrected chi connectivity index (χ4v) is 3.81. The van der Waals surface area contributed by atoms with Crippen molar-refractivity contribution in [1.29, 1.82) is 0 Å². The monoisotopic (exact) mass is 412 g/mol. The van der Waals surface area contributed by atoms with E-state index in [2.05, 4.69) is 6.92 Å². The Hall–Kier alpha value is 0.850. The molecular formula is C16H34N2Na2O5S. The maximum absolute atomic E-state index is 11.6. The molecule has 0 radical (unpaired) electrons. The van der Waals surface area contributed by atoms with Gasteiger partial charge in [0, 0.05) is 0 Å². The van der Waals surface area contributed by atoms with Gasteiger partial charge < -0.3 is 11.5 Å². The van der Waals surface area contributed by atoms with E-state index in [4.69, 9.17) is 11.5 Å². The summed E-state index contributed by atoms with van der Waals surface area (Å²) in [6, 6.07) is 0. The van der Waals surface area contributed by atoms with E-state index < -0.39 is 33.1 Å². The van der Waals surface area contributed by atoms with Gasteiger partial charge in [0.1, 0.15) is 0 Å². The third kappa shape index (κ3) is 12.3. The van der Waals surface area contributed by atoms with E-state index in [-0.39, 0.29) is 65.5 Å². The van der Waals surface area contributed by atoms with Crippen molar-refractivity contribution in [1.82, 2.24) is 0 Å². The summed E-state index contributed by atoms with van der Waals surface area (Å²) in [7, 11) is -4.81. The Bertz CT molecular complexity index is 503. The van der Waals surface area contributed by atoms with Gasteiger partial charge in [0.2, 0.25) is 11.8 Å². The maximum atomic E-state index is 11.6. The molecule has 0 aromatic carbocycles. The molecule has 0 fully saturated rings. The summed E-state index contributed by atoms with van der Waals surface area (Å²) in [6.07, 6.45) is 9.36. The topological polar surface area (TPSA) is 141 Å². The Morgan fingerprint density at radius 3 is 1.54 bits per heavy atom. The number of amides is 2. The van der Waals surface area contributed by atoms with Gasteiger partial charge in [0.15, 0.2) is 4.75 Å². The SMILES string of the molecule is CCCCCCCCCCCCC(CC(N)=O)(C(N)=O)S(=O)(=O)O.[NaH].[NaH]. The van der Waals surface area contributed by atoms with Crippen molar-refractivity contribution in [2.24, 2.45) is 11.5 Å².